The van der Waals surface area contributed by atoms with Crippen LogP contribution < -0.4 is 9.47 Å². The highest BCUT2D eigenvalue weighted by molar-refractivity contribution is 6.44. The molecule has 0 amide bonds. The molecule has 4 rings (SSSR count). The SMILES string of the molecule is N=C(C1=NOCCO1)c1ccccc1Oc1ncnc(Oc2ccccc2Cl)c1F. The molecule has 8 nitrogen and oxygen atoms in total. The van der Waals surface area contributed by atoms with Crippen LogP contribution in [-0.4, -0.2) is 34.8 Å². The van der Waals surface area contributed by atoms with E-state index in [1.165, 1.54) is 0 Å². The minimum atomic E-state index is -0.923. The second kappa shape index (κ2) is 8.75. The van der Waals surface area contributed by atoms with E-state index in [2.05, 4.69) is 15.1 Å². The van der Waals surface area contributed by atoms with Gasteiger partial charge in [0.25, 0.3) is 17.7 Å². The van der Waals surface area contributed by atoms with Gasteiger partial charge in [0.15, 0.2) is 6.61 Å². The maximum atomic E-state index is 14.9. The molecule has 2 heterocycles. The maximum absolute atomic E-state index is 14.9. The molecule has 0 spiro atoms. The Labute approximate surface area is 175 Å². The molecule has 0 saturated heterocycles. The quantitative estimate of drug-likeness (QED) is 0.577. The highest BCUT2D eigenvalue weighted by Crippen LogP contribution is 2.33. The van der Waals surface area contributed by atoms with Gasteiger partial charge in [-0.25, -0.2) is 0 Å². The van der Waals surface area contributed by atoms with E-state index in [1.807, 2.05) is 0 Å². The number of hydrogen-bond donors (Lipinski definition) is 1. The first kappa shape index (κ1) is 19.6. The molecule has 0 saturated carbocycles. The average molecular weight is 429 g/mol. The van der Waals surface area contributed by atoms with E-state index in [-0.39, 0.29) is 41.5 Å². The van der Waals surface area contributed by atoms with Gasteiger partial charge in [0.2, 0.25) is 5.82 Å². The van der Waals surface area contributed by atoms with Crippen molar-refractivity contribution >= 4 is 23.2 Å². The molecule has 10 heteroatoms. The minimum Gasteiger partial charge on any atom is -0.470 e. The van der Waals surface area contributed by atoms with Crippen molar-refractivity contribution in [3.8, 4) is 23.3 Å². The zero-order valence-electron chi connectivity index (χ0n) is 15.3. The lowest BCUT2D eigenvalue weighted by molar-refractivity contribution is 0.0676. The summed E-state index contributed by atoms with van der Waals surface area (Å²) < 4.78 is 31.3. The van der Waals surface area contributed by atoms with Gasteiger partial charge >= 0.3 is 0 Å². The summed E-state index contributed by atoms with van der Waals surface area (Å²) in [7, 11) is 0. The molecular formula is C20H14ClFN4O4. The summed E-state index contributed by atoms with van der Waals surface area (Å²) in [5.41, 5.74) is 0.237. The number of ether oxygens (including phenoxy) is 3. The molecule has 30 heavy (non-hydrogen) atoms. The highest BCUT2D eigenvalue weighted by Gasteiger charge is 2.22. The molecule has 0 radical (unpaired) electrons. The predicted molar refractivity (Wildman–Crippen MR) is 106 cm³/mol. The van der Waals surface area contributed by atoms with Crippen molar-refractivity contribution in [3.05, 3.63) is 71.3 Å². The Balaban J connectivity index is 1.62. The molecule has 2 aromatic carbocycles. The largest absolute Gasteiger partial charge is 0.470 e. The second-order valence-electron chi connectivity index (χ2n) is 5.88. The fraction of sp³-hybridized carbons (Fsp3) is 0.100. The number of aromatic nitrogens is 2. The number of benzene rings is 2. The number of nitrogens with one attached hydrogen (secondary N) is 1. The van der Waals surface area contributed by atoms with Gasteiger partial charge in [0.1, 0.15) is 30.1 Å². The van der Waals surface area contributed by atoms with Crippen molar-refractivity contribution in [1.29, 1.82) is 5.41 Å². The Bertz CT molecular complexity index is 1130. The van der Waals surface area contributed by atoms with Crippen molar-refractivity contribution in [2.24, 2.45) is 5.16 Å². The van der Waals surface area contributed by atoms with Crippen LogP contribution in [0.25, 0.3) is 0 Å². The van der Waals surface area contributed by atoms with Crippen molar-refractivity contribution in [2.75, 3.05) is 13.2 Å². The maximum Gasteiger partial charge on any atom is 0.276 e. The van der Waals surface area contributed by atoms with Gasteiger partial charge in [-0.05, 0) is 29.4 Å². The number of nitrogens with zero attached hydrogens (tertiary/aromatic N) is 3. The van der Waals surface area contributed by atoms with Gasteiger partial charge in [-0.3, -0.25) is 5.41 Å². The van der Waals surface area contributed by atoms with Crippen molar-refractivity contribution in [1.82, 2.24) is 9.97 Å². The van der Waals surface area contributed by atoms with Crippen LogP contribution in [0.4, 0.5) is 4.39 Å². The molecule has 3 aromatic rings. The molecule has 1 aliphatic rings. The lowest BCUT2D eigenvalue weighted by Crippen LogP contribution is -2.24. The molecule has 0 unspecified atom stereocenters. The Morgan fingerprint density at radius 3 is 2.33 bits per heavy atom. The first-order valence-electron chi connectivity index (χ1n) is 8.75. The standard InChI is InChI=1S/C20H14ClFN4O4/c21-13-6-2-4-8-15(13)30-19-16(22)18(24-11-25-19)29-14-7-3-1-5-12(14)17(23)20-26-28-10-9-27-20/h1-8,11,23H,9-10H2. The van der Waals surface area contributed by atoms with E-state index in [9.17, 15) is 4.39 Å². The fourth-order valence-corrected chi connectivity index (χ4v) is 2.69. The van der Waals surface area contributed by atoms with Crippen LogP contribution in [0.2, 0.25) is 5.02 Å². The van der Waals surface area contributed by atoms with Gasteiger partial charge < -0.3 is 19.0 Å². The monoisotopic (exact) mass is 428 g/mol. The zero-order valence-corrected chi connectivity index (χ0v) is 16.1. The van der Waals surface area contributed by atoms with Crippen LogP contribution in [-0.2, 0) is 9.57 Å². The molecule has 152 valence electrons. The molecule has 1 aliphatic heterocycles. The van der Waals surface area contributed by atoms with Gasteiger partial charge in [-0.15, -0.1) is 0 Å². The summed E-state index contributed by atoms with van der Waals surface area (Å²) in [5.74, 6) is -1.25. The highest BCUT2D eigenvalue weighted by atomic mass is 35.5. The average Bonchev–Trinajstić information content (AvgIpc) is 2.78. The van der Waals surface area contributed by atoms with E-state index >= 15 is 0 Å². The van der Waals surface area contributed by atoms with Gasteiger partial charge in [-0.2, -0.15) is 14.4 Å². The van der Waals surface area contributed by atoms with Crippen LogP contribution in [0.5, 0.6) is 23.3 Å². The Hall–Kier alpha value is -3.72. The third-order valence-corrected chi connectivity index (χ3v) is 4.22. The zero-order chi connectivity index (χ0) is 20.9. The minimum absolute atomic E-state index is 0.00296. The van der Waals surface area contributed by atoms with Gasteiger partial charge in [0.05, 0.1) is 5.02 Å². The number of oxime groups is 1. The third-order valence-electron chi connectivity index (χ3n) is 3.91. The number of rotatable bonds is 6. The van der Waals surface area contributed by atoms with Crippen molar-refractivity contribution in [2.45, 2.75) is 0 Å². The van der Waals surface area contributed by atoms with Crippen LogP contribution in [0.15, 0.2) is 60.0 Å². The summed E-state index contributed by atoms with van der Waals surface area (Å²) >= 11 is 6.05. The lowest BCUT2D eigenvalue weighted by atomic mass is 10.1. The number of para-hydroxylation sites is 2. The summed E-state index contributed by atoms with van der Waals surface area (Å²) in [6.07, 6.45) is 1.10. The molecule has 0 atom stereocenters. The van der Waals surface area contributed by atoms with E-state index in [4.69, 9.17) is 36.1 Å². The molecule has 0 fully saturated rings. The smallest absolute Gasteiger partial charge is 0.276 e. The molecule has 0 aliphatic carbocycles. The Morgan fingerprint density at radius 2 is 1.63 bits per heavy atom. The number of hydrogen-bond acceptors (Lipinski definition) is 8. The Morgan fingerprint density at radius 1 is 0.967 bits per heavy atom. The summed E-state index contributed by atoms with van der Waals surface area (Å²) in [4.78, 5) is 12.6. The molecule has 1 aromatic heterocycles. The van der Waals surface area contributed by atoms with Crippen LogP contribution in [0.1, 0.15) is 5.56 Å². The van der Waals surface area contributed by atoms with Crippen LogP contribution in [0.3, 0.4) is 0 Å². The van der Waals surface area contributed by atoms with E-state index in [0.29, 0.717) is 17.2 Å². The first-order chi connectivity index (χ1) is 14.6. The molecule has 1 N–H and O–H groups in total. The first-order valence-corrected chi connectivity index (χ1v) is 9.13. The van der Waals surface area contributed by atoms with E-state index in [1.54, 1.807) is 48.5 Å². The van der Waals surface area contributed by atoms with Crippen LogP contribution >= 0.6 is 11.6 Å². The fourth-order valence-electron chi connectivity index (χ4n) is 2.52. The van der Waals surface area contributed by atoms with E-state index in [0.717, 1.165) is 6.33 Å². The molecular weight excluding hydrogens is 415 g/mol. The second-order valence-corrected chi connectivity index (χ2v) is 6.29. The third kappa shape index (κ3) is 4.15. The van der Waals surface area contributed by atoms with Gasteiger partial charge in [-0.1, -0.05) is 35.9 Å². The van der Waals surface area contributed by atoms with Crippen molar-refractivity contribution < 1.29 is 23.4 Å². The normalized spacial score (nSPS) is 12.9. The molecule has 0 bridgehead atoms. The lowest BCUT2D eigenvalue weighted by Gasteiger charge is -2.16. The summed E-state index contributed by atoms with van der Waals surface area (Å²) in [5, 5.41) is 12.3. The summed E-state index contributed by atoms with van der Waals surface area (Å²) in [6, 6.07) is 13.1. The number of halogens is 2. The van der Waals surface area contributed by atoms with Crippen molar-refractivity contribution in [3.63, 3.8) is 0 Å². The predicted octanol–water partition coefficient (Wildman–Crippen LogP) is 4.58. The summed E-state index contributed by atoms with van der Waals surface area (Å²) in [6.45, 7) is 0.572. The van der Waals surface area contributed by atoms with Crippen LogP contribution in [0, 0.1) is 11.2 Å². The topological polar surface area (TPSA) is 98.9 Å². The van der Waals surface area contributed by atoms with E-state index < -0.39 is 5.82 Å². The van der Waals surface area contributed by atoms with Gasteiger partial charge in [0, 0.05) is 5.56 Å². The Kier molecular flexibility index (Phi) is 5.71.